The van der Waals surface area contributed by atoms with Crippen molar-refractivity contribution in [3.63, 3.8) is 0 Å². The molecule has 2 aromatic heterocycles. The minimum atomic E-state index is 0.961. The Morgan fingerprint density at radius 3 is 1.72 bits per heavy atom. The number of nitrogens with zero attached hydrogens (tertiary/aromatic N) is 3. The van der Waals surface area contributed by atoms with E-state index < -0.39 is 0 Å². The molecule has 0 saturated carbocycles. The molecule has 0 atom stereocenters. The van der Waals surface area contributed by atoms with E-state index in [9.17, 15) is 0 Å². The number of rotatable bonds is 5. The van der Waals surface area contributed by atoms with Crippen molar-refractivity contribution in [1.29, 1.82) is 0 Å². The molecular formula is C57H35N3. The highest BCUT2D eigenvalue weighted by Crippen LogP contribution is 2.54. The van der Waals surface area contributed by atoms with Crippen LogP contribution in [0.5, 0.6) is 0 Å². The van der Waals surface area contributed by atoms with Gasteiger partial charge in [-0.25, -0.2) is 9.97 Å². The number of pyridine rings is 1. The van der Waals surface area contributed by atoms with Crippen LogP contribution in [0, 0.1) is 0 Å². The first kappa shape index (κ1) is 33.1. The first-order chi connectivity index (χ1) is 29.7. The molecule has 2 aliphatic carbocycles. The quantitative estimate of drug-likeness (QED) is 0.175. The maximum absolute atomic E-state index is 5.66. The van der Waals surface area contributed by atoms with Crippen LogP contribution in [0.25, 0.3) is 133 Å². The highest BCUT2D eigenvalue weighted by molar-refractivity contribution is 6.23. The van der Waals surface area contributed by atoms with Crippen LogP contribution in [0.1, 0.15) is 0 Å². The molecule has 3 nitrogen and oxygen atoms in total. The van der Waals surface area contributed by atoms with Crippen molar-refractivity contribution < 1.29 is 0 Å². The molecule has 9 aromatic carbocycles. The number of aryl methyl sites for hydroxylation is 1. The van der Waals surface area contributed by atoms with Gasteiger partial charge in [-0.15, -0.1) is 0 Å². The fraction of sp³-hybridized carbons (Fsp3) is 0.0175. The van der Waals surface area contributed by atoms with Gasteiger partial charge in [-0.05, 0) is 124 Å². The van der Waals surface area contributed by atoms with Crippen LogP contribution in [0.3, 0.4) is 0 Å². The second kappa shape index (κ2) is 12.6. The summed E-state index contributed by atoms with van der Waals surface area (Å²) in [6.07, 6.45) is 1.89. The lowest BCUT2D eigenvalue weighted by Crippen LogP contribution is -1.94. The van der Waals surface area contributed by atoms with E-state index in [-0.39, 0.29) is 0 Å². The van der Waals surface area contributed by atoms with Crippen molar-refractivity contribution in [1.82, 2.24) is 14.5 Å². The summed E-state index contributed by atoms with van der Waals surface area (Å²) in [6.45, 7) is 0. The standard InChI is InChI=1S/C57H35N3/c1-60-33-58-51-28-20-37(32-54(51)60)39-22-24-48-50-29-36(34-11-4-2-5-12-34)19-21-47(50)57-49(27-26-45(39)56(48)57)53-31-38(35-13-6-3-7-14-35)30-52(59-53)42-23-25-46-41-16-9-8-15-40(41)43-17-10-18-44(42)55(43)46/h2-33H,1H3. The lowest BCUT2D eigenvalue weighted by molar-refractivity contribution is 0.948. The van der Waals surface area contributed by atoms with E-state index in [1.54, 1.807) is 0 Å². The van der Waals surface area contributed by atoms with Gasteiger partial charge >= 0.3 is 0 Å². The number of hydrogen-bond acceptors (Lipinski definition) is 2. The van der Waals surface area contributed by atoms with Crippen LogP contribution >= 0.6 is 0 Å². The molecule has 0 bridgehead atoms. The van der Waals surface area contributed by atoms with E-state index in [1.165, 1.54) is 93.9 Å². The minimum Gasteiger partial charge on any atom is -0.334 e. The smallest absolute Gasteiger partial charge is 0.0955 e. The van der Waals surface area contributed by atoms with Gasteiger partial charge in [0, 0.05) is 23.7 Å². The molecular weight excluding hydrogens is 727 g/mol. The van der Waals surface area contributed by atoms with E-state index in [0.29, 0.717) is 0 Å². The van der Waals surface area contributed by atoms with Crippen LogP contribution in [-0.4, -0.2) is 14.5 Å². The number of imidazole rings is 1. The minimum absolute atomic E-state index is 0.961. The summed E-state index contributed by atoms with van der Waals surface area (Å²) in [5.41, 5.74) is 23.6. The molecule has 2 heterocycles. The van der Waals surface area contributed by atoms with Gasteiger partial charge in [0.1, 0.15) is 0 Å². The van der Waals surface area contributed by atoms with Gasteiger partial charge in [0.15, 0.2) is 0 Å². The lowest BCUT2D eigenvalue weighted by atomic mass is 9.90. The summed E-state index contributed by atoms with van der Waals surface area (Å²) in [6, 6.07) is 69.0. The van der Waals surface area contributed by atoms with Crippen molar-refractivity contribution in [2.24, 2.45) is 7.05 Å². The van der Waals surface area contributed by atoms with E-state index in [2.05, 4.69) is 205 Å². The molecule has 0 fully saturated rings. The molecule has 13 rings (SSSR count). The molecule has 0 amide bonds. The fourth-order valence-electron chi connectivity index (χ4n) is 10.1. The summed E-state index contributed by atoms with van der Waals surface area (Å²) in [7, 11) is 2.06. The third kappa shape index (κ3) is 4.78. The normalized spacial score (nSPS) is 12.1. The van der Waals surface area contributed by atoms with Gasteiger partial charge in [0.05, 0.1) is 28.7 Å². The second-order valence-electron chi connectivity index (χ2n) is 16.2. The summed E-state index contributed by atoms with van der Waals surface area (Å²) in [4.78, 5) is 10.3. The van der Waals surface area contributed by atoms with Gasteiger partial charge in [-0.3, -0.25) is 0 Å². The maximum atomic E-state index is 5.66. The van der Waals surface area contributed by atoms with E-state index >= 15 is 0 Å². The first-order valence-corrected chi connectivity index (χ1v) is 20.6. The molecule has 0 N–H and O–H groups in total. The van der Waals surface area contributed by atoms with Crippen molar-refractivity contribution >= 4 is 32.6 Å². The van der Waals surface area contributed by atoms with E-state index in [4.69, 9.17) is 4.98 Å². The SMILES string of the molecule is Cn1cnc2ccc(-c3ccc4c5c(c(-c6cc(-c7ccccc7)cc(-c7ccc8c9c(cccc79)-c7ccccc7-8)n6)ccc35)-c3ccc(-c5ccccc5)cc3-4)cc21. The highest BCUT2D eigenvalue weighted by atomic mass is 15.0. The Kier molecular flexibility index (Phi) is 6.93. The Morgan fingerprint density at radius 1 is 0.350 bits per heavy atom. The molecule has 0 spiro atoms. The van der Waals surface area contributed by atoms with Gasteiger partial charge in [0.2, 0.25) is 0 Å². The Balaban J connectivity index is 1.07. The molecule has 3 heteroatoms. The predicted octanol–water partition coefficient (Wildman–Crippen LogP) is 14.9. The third-order valence-electron chi connectivity index (χ3n) is 12.9. The summed E-state index contributed by atoms with van der Waals surface area (Å²) in [5, 5.41) is 5.03. The monoisotopic (exact) mass is 761 g/mol. The molecule has 0 unspecified atom stereocenters. The zero-order valence-electron chi connectivity index (χ0n) is 32.8. The molecule has 0 saturated heterocycles. The van der Waals surface area contributed by atoms with Gasteiger partial charge in [0.25, 0.3) is 0 Å². The largest absolute Gasteiger partial charge is 0.334 e. The zero-order chi connectivity index (χ0) is 39.5. The molecule has 2 aliphatic rings. The highest BCUT2D eigenvalue weighted by Gasteiger charge is 2.28. The van der Waals surface area contributed by atoms with Crippen LogP contribution in [0.4, 0.5) is 0 Å². The summed E-state index contributed by atoms with van der Waals surface area (Å²) < 4.78 is 2.10. The van der Waals surface area contributed by atoms with E-state index in [1.807, 2.05) is 6.33 Å². The number of aromatic nitrogens is 3. The number of fused-ring (bicyclic) bond motifs is 7. The molecule has 60 heavy (non-hydrogen) atoms. The zero-order valence-corrected chi connectivity index (χ0v) is 32.8. The Hall–Kier alpha value is -7.88. The average molecular weight is 762 g/mol. The maximum Gasteiger partial charge on any atom is 0.0955 e. The van der Waals surface area contributed by atoms with Crippen LogP contribution in [-0.2, 0) is 7.05 Å². The van der Waals surface area contributed by atoms with Gasteiger partial charge < -0.3 is 4.57 Å². The summed E-state index contributed by atoms with van der Waals surface area (Å²) >= 11 is 0. The number of hydrogen-bond donors (Lipinski definition) is 0. The van der Waals surface area contributed by atoms with Crippen LogP contribution in [0.2, 0.25) is 0 Å². The molecule has 0 radical (unpaired) electrons. The topological polar surface area (TPSA) is 30.7 Å². The lowest BCUT2D eigenvalue weighted by Gasteiger charge is -2.16. The second-order valence-corrected chi connectivity index (χ2v) is 16.2. The van der Waals surface area contributed by atoms with Crippen molar-refractivity contribution in [2.75, 3.05) is 0 Å². The Morgan fingerprint density at radius 2 is 0.933 bits per heavy atom. The Bertz CT molecular complexity index is 3570. The third-order valence-corrected chi connectivity index (χ3v) is 12.9. The van der Waals surface area contributed by atoms with Gasteiger partial charge in [-0.1, -0.05) is 158 Å². The Labute approximate surface area is 347 Å². The summed E-state index contributed by atoms with van der Waals surface area (Å²) in [5.74, 6) is 0. The van der Waals surface area contributed by atoms with Crippen LogP contribution in [0.15, 0.2) is 194 Å². The first-order valence-electron chi connectivity index (χ1n) is 20.6. The van der Waals surface area contributed by atoms with Gasteiger partial charge in [-0.2, -0.15) is 0 Å². The van der Waals surface area contributed by atoms with E-state index in [0.717, 1.165) is 39.1 Å². The molecule has 0 aliphatic heterocycles. The molecule has 11 aromatic rings. The fourth-order valence-corrected chi connectivity index (χ4v) is 10.1. The van der Waals surface area contributed by atoms with Crippen molar-refractivity contribution in [3.8, 4) is 100 Å². The van der Waals surface area contributed by atoms with Crippen LogP contribution < -0.4 is 0 Å². The molecule has 278 valence electrons. The number of benzene rings is 9. The van der Waals surface area contributed by atoms with Crippen molar-refractivity contribution in [2.45, 2.75) is 0 Å². The van der Waals surface area contributed by atoms with Crippen molar-refractivity contribution in [3.05, 3.63) is 194 Å². The predicted molar refractivity (Wildman–Crippen MR) is 250 cm³/mol. The average Bonchev–Trinajstić information content (AvgIpc) is 3.97.